The van der Waals surface area contributed by atoms with Crippen molar-refractivity contribution < 1.29 is 19.0 Å². The Bertz CT molecular complexity index is 737. The van der Waals surface area contributed by atoms with Gasteiger partial charge in [0, 0.05) is 13.5 Å². The summed E-state index contributed by atoms with van der Waals surface area (Å²) in [5.41, 5.74) is 0.758. The molecule has 35 heavy (non-hydrogen) atoms. The number of carbonyl (C=O) groups excluding carboxylic acids is 1. The molecule has 0 aromatic rings. The fraction of sp³-hybridized carbons (Fsp3) is 0.968. The zero-order chi connectivity index (χ0) is 25.5. The Morgan fingerprint density at radius 2 is 1.80 bits per heavy atom. The Kier molecular flexibility index (Phi) is 8.33. The number of fused-ring (bicyclic) bond motifs is 5. The molecule has 0 aliphatic heterocycles. The van der Waals surface area contributed by atoms with Crippen LogP contribution in [-0.2, 0) is 19.0 Å². The molecule has 4 rings (SSSR count). The molecule has 12 atom stereocenters. The lowest BCUT2D eigenvalue weighted by Gasteiger charge is -2.67. The zero-order valence-electron chi connectivity index (χ0n) is 24.0. The molecule has 0 spiro atoms. The van der Waals surface area contributed by atoms with Crippen molar-refractivity contribution in [3.8, 4) is 0 Å². The van der Waals surface area contributed by atoms with E-state index >= 15 is 0 Å². The van der Waals surface area contributed by atoms with E-state index in [0.29, 0.717) is 65.7 Å². The molecule has 0 radical (unpaired) electrons. The molecule has 4 saturated carbocycles. The number of rotatable bonds is 8. The lowest BCUT2D eigenvalue weighted by Crippen LogP contribution is -2.64. The van der Waals surface area contributed by atoms with Crippen LogP contribution in [0.4, 0.5) is 0 Å². The van der Waals surface area contributed by atoms with Gasteiger partial charge in [0.2, 0.25) is 0 Å². The van der Waals surface area contributed by atoms with Gasteiger partial charge in [-0.25, -0.2) is 0 Å². The Hall–Kier alpha value is -0.610. The first kappa shape index (κ1) is 27.4. The highest BCUT2D eigenvalue weighted by Crippen LogP contribution is 2.71. The normalized spacial score (nSPS) is 47.9. The second kappa shape index (κ2) is 10.6. The number of carbonyl (C=O) groups is 1. The molecule has 0 aromatic heterocycles. The van der Waals surface area contributed by atoms with Crippen LogP contribution in [0.2, 0.25) is 0 Å². The van der Waals surface area contributed by atoms with E-state index in [9.17, 15) is 4.79 Å². The molecule has 0 aromatic carbocycles. The Balaban J connectivity index is 1.69. The lowest BCUT2D eigenvalue weighted by molar-refractivity contribution is -0.244. The van der Waals surface area contributed by atoms with E-state index in [2.05, 4.69) is 41.5 Å². The average molecular weight is 491 g/mol. The quantitative estimate of drug-likeness (QED) is 0.263. The summed E-state index contributed by atoms with van der Waals surface area (Å²) in [6.07, 6.45) is 11.1. The van der Waals surface area contributed by atoms with E-state index in [1.165, 1.54) is 52.1 Å². The highest BCUT2D eigenvalue weighted by molar-refractivity contribution is 5.69. The topological polar surface area (TPSA) is 44.8 Å². The maximum Gasteiger partial charge on any atom is 0.305 e. The van der Waals surface area contributed by atoms with E-state index in [1.54, 1.807) is 7.11 Å². The zero-order valence-corrected chi connectivity index (χ0v) is 24.0. The fourth-order valence-electron chi connectivity index (χ4n) is 10.8. The third kappa shape index (κ3) is 4.62. The van der Waals surface area contributed by atoms with Crippen molar-refractivity contribution in [2.24, 2.45) is 64.1 Å². The van der Waals surface area contributed by atoms with Crippen molar-refractivity contribution in [1.29, 1.82) is 0 Å². The second-order valence-corrected chi connectivity index (χ2v) is 13.8. The number of hydrogen-bond donors (Lipinski definition) is 0. The van der Waals surface area contributed by atoms with Gasteiger partial charge in [0.1, 0.15) is 6.79 Å². The number of hydrogen-bond acceptors (Lipinski definition) is 4. The van der Waals surface area contributed by atoms with Gasteiger partial charge in [0.15, 0.2) is 0 Å². The molecular weight excluding hydrogens is 436 g/mol. The van der Waals surface area contributed by atoms with E-state index < -0.39 is 0 Å². The van der Waals surface area contributed by atoms with Gasteiger partial charge in [-0.15, -0.1) is 0 Å². The Morgan fingerprint density at radius 1 is 1.06 bits per heavy atom. The molecule has 0 N–H and O–H groups in total. The van der Waals surface area contributed by atoms with Gasteiger partial charge in [-0.05, 0) is 103 Å². The molecule has 202 valence electrons. The van der Waals surface area contributed by atoms with Crippen LogP contribution in [0.5, 0.6) is 0 Å². The fourth-order valence-corrected chi connectivity index (χ4v) is 10.8. The first-order valence-electron chi connectivity index (χ1n) is 14.8. The van der Waals surface area contributed by atoms with Crippen molar-refractivity contribution in [2.75, 3.05) is 21.0 Å². The molecule has 0 saturated heterocycles. The third-order valence-electron chi connectivity index (χ3n) is 12.1. The largest absolute Gasteiger partial charge is 0.469 e. The number of ether oxygens (including phenoxy) is 3. The van der Waals surface area contributed by atoms with Crippen LogP contribution in [0.15, 0.2) is 0 Å². The summed E-state index contributed by atoms with van der Waals surface area (Å²) in [6.45, 7) is 15.6. The average Bonchev–Trinajstić information content (AvgIpc) is 3.17. The van der Waals surface area contributed by atoms with Gasteiger partial charge in [-0.1, -0.05) is 54.4 Å². The molecule has 4 aliphatic rings. The van der Waals surface area contributed by atoms with E-state index in [-0.39, 0.29) is 5.97 Å². The van der Waals surface area contributed by atoms with Gasteiger partial charge in [-0.3, -0.25) is 4.79 Å². The van der Waals surface area contributed by atoms with Gasteiger partial charge in [0.05, 0.1) is 13.2 Å². The van der Waals surface area contributed by atoms with Crippen LogP contribution < -0.4 is 0 Å². The van der Waals surface area contributed by atoms with Crippen molar-refractivity contribution in [3.05, 3.63) is 0 Å². The predicted octanol–water partition coefficient (Wildman–Crippen LogP) is 7.35. The molecular formula is C31H54O4. The standard InChI is InChI=1S/C31H54O4/c1-9-22-25-16-19(2)14-15-30(25,5)28-21(4)17-31(6)23(20(3)10-13-26(32)34-8)11-12-24(31)27(28)29(22)35-18-33-7/h19-25,27-29H,9-18H2,1-8H3/t19-,20-,21+,22-,23-,24?,25+,27?,28?,29-,30+,31-/m1/s1. The number of methoxy groups -OCH3 is 2. The van der Waals surface area contributed by atoms with E-state index in [0.717, 1.165) is 24.2 Å². The van der Waals surface area contributed by atoms with Crippen molar-refractivity contribution in [1.82, 2.24) is 0 Å². The van der Waals surface area contributed by atoms with Crippen LogP contribution in [0, 0.1) is 64.1 Å². The van der Waals surface area contributed by atoms with E-state index in [4.69, 9.17) is 14.2 Å². The Morgan fingerprint density at radius 3 is 2.46 bits per heavy atom. The molecule has 4 aliphatic carbocycles. The second-order valence-electron chi connectivity index (χ2n) is 13.8. The highest BCUT2D eigenvalue weighted by Gasteiger charge is 2.66. The summed E-state index contributed by atoms with van der Waals surface area (Å²) in [6, 6.07) is 0. The molecule has 0 amide bonds. The van der Waals surface area contributed by atoms with Crippen LogP contribution in [-0.4, -0.2) is 33.1 Å². The van der Waals surface area contributed by atoms with Crippen LogP contribution in [0.3, 0.4) is 0 Å². The van der Waals surface area contributed by atoms with Gasteiger partial charge >= 0.3 is 5.97 Å². The van der Waals surface area contributed by atoms with Crippen LogP contribution >= 0.6 is 0 Å². The third-order valence-corrected chi connectivity index (χ3v) is 12.1. The summed E-state index contributed by atoms with van der Waals surface area (Å²) in [4.78, 5) is 11.9. The minimum absolute atomic E-state index is 0.0646. The summed E-state index contributed by atoms with van der Waals surface area (Å²) in [7, 11) is 3.28. The Labute approximate surface area is 215 Å². The number of esters is 1. The van der Waals surface area contributed by atoms with Crippen LogP contribution in [0.1, 0.15) is 99.3 Å². The molecule has 4 nitrogen and oxygen atoms in total. The van der Waals surface area contributed by atoms with Crippen molar-refractivity contribution in [3.63, 3.8) is 0 Å². The molecule has 0 heterocycles. The van der Waals surface area contributed by atoms with Gasteiger partial charge in [-0.2, -0.15) is 0 Å². The summed E-state index contributed by atoms with van der Waals surface area (Å²) in [5.74, 6) is 6.18. The summed E-state index contributed by atoms with van der Waals surface area (Å²) >= 11 is 0. The van der Waals surface area contributed by atoms with Crippen molar-refractivity contribution >= 4 is 5.97 Å². The highest BCUT2D eigenvalue weighted by atomic mass is 16.7. The first-order chi connectivity index (χ1) is 16.6. The first-order valence-corrected chi connectivity index (χ1v) is 14.8. The summed E-state index contributed by atoms with van der Waals surface area (Å²) in [5, 5.41) is 0. The van der Waals surface area contributed by atoms with Gasteiger partial charge < -0.3 is 14.2 Å². The predicted molar refractivity (Wildman–Crippen MR) is 141 cm³/mol. The van der Waals surface area contributed by atoms with Crippen LogP contribution in [0.25, 0.3) is 0 Å². The maximum atomic E-state index is 11.9. The van der Waals surface area contributed by atoms with E-state index in [1.807, 2.05) is 0 Å². The van der Waals surface area contributed by atoms with Crippen molar-refractivity contribution in [2.45, 2.75) is 105 Å². The lowest BCUT2D eigenvalue weighted by atomic mass is 9.39. The molecule has 0 bridgehead atoms. The minimum Gasteiger partial charge on any atom is -0.469 e. The van der Waals surface area contributed by atoms with Gasteiger partial charge in [0.25, 0.3) is 0 Å². The monoisotopic (exact) mass is 490 g/mol. The summed E-state index contributed by atoms with van der Waals surface area (Å²) < 4.78 is 17.2. The molecule has 3 unspecified atom stereocenters. The SMILES string of the molecule is CC[C@H]1[C@@H](OCOC)C2C3CC[C@H]([C@H](C)CCC(=O)OC)[C@@]3(C)C[C@H](C)C2[C@@]2(C)CC[C@@H](C)C[C@@H]12. The minimum atomic E-state index is -0.0646. The molecule has 4 heteroatoms. The maximum absolute atomic E-state index is 11.9. The molecule has 4 fully saturated rings. The smallest absolute Gasteiger partial charge is 0.305 e.